The molecule has 21 heavy (non-hydrogen) atoms. The third-order valence-electron chi connectivity index (χ3n) is 3.16. The lowest BCUT2D eigenvalue weighted by Gasteiger charge is -2.17. The number of carboxylic acids is 1. The molecule has 1 aliphatic carbocycles. The van der Waals surface area contributed by atoms with E-state index in [4.69, 9.17) is 5.11 Å². The van der Waals surface area contributed by atoms with Gasteiger partial charge >= 0.3 is 12.0 Å². The zero-order valence-electron chi connectivity index (χ0n) is 10.8. The molecule has 1 fully saturated rings. The van der Waals surface area contributed by atoms with Gasteiger partial charge in [-0.2, -0.15) is 0 Å². The molecule has 1 aromatic rings. The molecule has 2 amide bonds. The summed E-state index contributed by atoms with van der Waals surface area (Å²) in [5.74, 6) is -2.56. The summed E-state index contributed by atoms with van der Waals surface area (Å²) in [4.78, 5) is 22.5. The number of amides is 2. The summed E-state index contributed by atoms with van der Waals surface area (Å²) < 4.78 is 26.6. The fraction of sp³-hybridized carbons (Fsp3) is 0.385. The van der Waals surface area contributed by atoms with E-state index in [9.17, 15) is 18.4 Å². The summed E-state index contributed by atoms with van der Waals surface area (Å²) in [6.07, 6.45) is 1.52. The van der Waals surface area contributed by atoms with Crippen molar-refractivity contribution in [3.05, 3.63) is 28.2 Å². The molecule has 114 valence electrons. The van der Waals surface area contributed by atoms with Gasteiger partial charge in [-0.1, -0.05) is 0 Å². The number of carbonyl (C=O) groups is 2. The Morgan fingerprint density at radius 3 is 2.57 bits per heavy atom. The lowest BCUT2D eigenvalue weighted by Crippen LogP contribution is -2.40. The largest absolute Gasteiger partial charge is 0.481 e. The number of carboxylic acid groups (broad SMARTS) is 1. The summed E-state index contributed by atoms with van der Waals surface area (Å²) in [7, 11) is 0. The Morgan fingerprint density at radius 2 is 2.00 bits per heavy atom. The quantitative estimate of drug-likeness (QED) is 0.704. The minimum atomic E-state index is -1.01. The van der Waals surface area contributed by atoms with Crippen molar-refractivity contribution in [1.82, 2.24) is 5.32 Å². The smallest absolute Gasteiger partial charge is 0.319 e. The Bertz CT molecular complexity index is 579. The zero-order valence-corrected chi connectivity index (χ0v) is 12.4. The van der Waals surface area contributed by atoms with Crippen LogP contribution in [0.1, 0.15) is 19.3 Å². The van der Waals surface area contributed by atoms with Crippen LogP contribution in [-0.4, -0.2) is 23.1 Å². The van der Waals surface area contributed by atoms with Crippen LogP contribution in [0.4, 0.5) is 19.3 Å². The Hall–Kier alpha value is -1.70. The fourth-order valence-electron chi connectivity index (χ4n) is 1.97. The average molecular weight is 363 g/mol. The molecule has 2 rings (SSSR count). The predicted octanol–water partition coefficient (Wildman–Crippen LogP) is 3.10. The van der Waals surface area contributed by atoms with Crippen LogP contribution in [0.2, 0.25) is 0 Å². The van der Waals surface area contributed by atoms with E-state index in [1.54, 1.807) is 0 Å². The van der Waals surface area contributed by atoms with E-state index in [0.29, 0.717) is 6.07 Å². The van der Waals surface area contributed by atoms with Gasteiger partial charge in [-0.05, 0) is 40.8 Å². The van der Waals surface area contributed by atoms with Crippen LogP contribution in [0.5, 0.6) is 0 Å². The summed E-state index contributed by atoms with van der Waals surface area (Å²) in [5, 5.41) is 13.6. The number of nitrogens with one attached hydrogen (secondary N) is 2. The van der Waals surface area contributed by atoms with Crippen molar-refractivity contribution < 1.29 is 23.5 Å². The van der Waals surface area contributed by atoms with Gasteiger partial charge in [-0.3, -0.25) is 4.79 Å². The zero-order chi connectivity index (χ0) is 15.6. The Balaban J connectivity index is 2.00. The first kappa shape index (κ1) is 15.7. The molecule has 0 aliphatic heterocycles. The van der Waals surface area contributed by atoms with E-state index >= 15 is 0 Å². The second kappa shape index (κ2) is 6.38. The highest BCUT2D eigenvalue weighted by molar-refractivity contribution is 9.10. The molecular weight excluding hydrogens is 350 g/mol. The Morgan fingerprint density at radius 1 is 1.33 bits per heavy atom. The second-order valence-corrected chi connectivity index (χ2v) is 5.74. The molecule has 0 aromatic heterocycles. The van der Waals surface area contributed by atoms with Crippen molar-refractivity contribution in [3.63, 3.8) is 0 Å². The number of aliphatic carboxylic acids is 1. The number of halogens is 3. The van der Waals surface area contributed by atoms with Crippen LogP contribution in [0.25, 0.3) is 0 Å². The highest BCUT2D eigenvalue weighted by Gasteiger charge is 2.33. The molecule has 8 heteroatoms. The van der Waals surface area contributed by atoms with Crippen molar-refractivity contribution in [2.45, 2.75) is 25.3 Å². The number of carbonyl (C=O) groups excluding carboxylic acids is 1. The number of benzene rings is 1. The van der Waals surface area contributed by atoms with E-state index in [0.717, 1.165) is 18.9 Å². The summed E-state index contributed by atoms with van der Waals surface area (Å²) in [5.41, 5.74) is -0.189. The molecule has 0 bridgehead atoms. The van der Waals surface area contributed by atoms with Gasteiger partial charge in [0.2, 0.25) is 0 Å². The first-order valence-electron chi connectivity index (χ1n) is 6.30. The first-order valence-corrected chi connectivity index (χ1v) is 7.10. The number of anilines is 1. The number of hydrogen-bond donors (Lipinski definition) is 3. The van der Waals surface area contributed by atoms with Crippen molar-refractivity contribution in [2.75, 3.05) is 5.32 Å². The lowest BCUT2D eigenvalue weighted by atomic mass is 10.1. The average Bonchev–Trinajstić information content (AvgIpc) is 3.18. The molecule has 0 radical (unpaired) electrons. The third kappa shape index (κ3) is 4.38. The van der Waals surface area contributed by atoms with Crippen LogP contribution in [0.15, 0.2) is 16.6 Å². The Kier molecular flexibility index (Phi) is 4.76. The summed E-state index contributed by atoms with van der Waals surface area (Å²) >= 11 is 2.90. The topological polar surface area (TPSA) is 78.4 Å². The summed E-state index contributed by atoms with van der Waals surface area (Å²) in [6.45, 7) is 0. The van der Waals surface area contributed by atoms with Crippen molar-refractivity contribution in [1.29, 1.82) is 0 Å². The Labute approximate surface area is 127 Å². The molecule has 1 atom stereocenters. The maximum absolute atomic E-state index is 13.5. The molecule has 0 heterocycles. The second-order valence-electron chi connectivity index (χ2n) is 4.89. The van der Waals surface area contributed by atoms with Gasteiger partial charge in [0.1, 0.15) is 11.6 Å². The highest BCUT2D eigenvalue weighted by Crippen LogP contribution is 2.34. The van der Waals surface area contributed by atoms with Crippen LogP contribution < -0.4 is 10.6 Å². The molecule has 1 unspecified atom stereocenters. The third-order valence-corrected chi connectivity index (χ3v) is 3.77. The normalized spacial score (nSPS) is 15.4. The van der Waals surface area contributed by atoms with Gasteiger partial charge in [0, 0.05) is 12.1 Å². The van der Waals surface area contributed by atoms with Gasteiger partial charge in [-0.15, -0.1) is 0 Å². The lowest BCUT2D eigenvalue weighted by molar-refractivity contribution is -0.137. The minimum Gasteiger partial charge on any atom is -0.481 e. The van der Waals surface area contributed by atoms with Crippen molar-refractivity contribution in [2.24, 2.45) is 5.92 Å². The standard InChI is InChI=1S/C13H13BrF2N2O3/c14-7-3-11(9(16)4-8(7)15)18-13(21)17-10(5-12(19)20)6-1-2-6/h3-4,6,10H,1-2,5H2,(H,19,20)(H2,17,18,21). The SMILES string of the molecule is O=C(O)CC(NC(=O)Nc1cc(Br)c(F)cc1F)C1CC1. The maximum Gasteiger partial charge on any atom is 0.319 e. The summed E-state index contributed by atoms with van der Waals surface area (Å²) in [6, 6.07) is 0.545. The van der Waals surface area contributed by atoms with Crippen LogP contribution in [-0.2, 0) is 4.79 Å². The minimum absolute atomic E-state index is 0.0171. The van der Waals surface area contributed by atoms with E-state index in [-0.39, 0.29) is 22.5 Å². The predicted molar refractivity (Wildman–Crippen MR) is 75.0 cm³/mol. The van der Waals surface area contributed by atoms with Crippen LogP contribution in [0, 0.1) is 17.6 Å². The van der Waals surface area contributed by atoms with E-state index in [1.807, 2.05) is 0 Å². The molecule has 3 N–H and O–H groups in total. The molecule has 5 nitrogen and oxygen atoms in total. The molecule has 1 aromatic carbocycles. The van der Waals surface area contributed by atoms with Crippen molar-refractivity contribution in [3.8, 4) is 0 Å². The molecule has 1 aliphatic rings. The fourth-order valence-corrected chi connectivity index (χ4v) is 2.31. The number of rotatable bonds is 5. The monoisotopic (exact) mass is 362 g/mol. The van der Waals surface area contributed by atoms with Gasteiger partial charge in [0.05, 0.1) is 16.6 Å². The number of hydrogen-bond acceptors (Lipinski definition) is 2. The first-order chi connectivity index (χ1) is 9.86. The molecule has 0 saturated heterocycles. The van der Waals surface area contributed by atoms with Crippen LogP contribution in [0.3, 0.4) is 0 Å². The molecule has 1 saturated carbocycles. The maximum atomic E-state index is 13.5. The van der Waals surface area contributed by atoms with Crippen LogP contribution >= 0.6 is 15.9 Å². The highest BCUT2D eigenvalue weighted by atomic mass is 79.9. The van der Waals surface area contributed by atoms with Crippen molar-refractivity contribution >= 4 is 33.6 Å². The van der Waals surface area contributed by atoms with Gasteiger partial charge in [-0.25, -0.2) is 13.6 Å². The van der Waals surface area contributed by atoms with Gasteiger partial charge < -0.3 is 15.7 Å². The molecular formula is C13H13BrF2N2O3. The van der Waals surface area contributed by atoms with E-state index < -0.39 is 29.7 Å². The molecule has 0 spiro atoms. The van der Waals surface area contributed by atoms with E-state index in [2.05, 4.69) is 26.6 Å². The van der Waals surface area contributed by atoms with E-state index in [1.165, 1.54) is 0 Å². The van der Waals surface area contributed by atoms with Gasteiger partial charge in [0.25, 0.3) is 0 Å². The van der Waals surface area contributed by atoms with Gasteiger partial charge in [0.15, 0.2) is 0 Å². The number of urea groups is 1.